The molecule has 5 heteroatoms. The van der Waals surface area contributed by atoms with Crippen LogP contribution in [0.5, 0.6) is 0 Å². The molecular formula is C20H34N2O3. The second-order valence-corrected chi connectivity index (χ2v) is 8.59. The van der Waals surface area contributed by atoms with Crippen LogP contribution >= 0.6 is 0 Å². The third-order valence-corrected chi connectivity index (χ3v) is 6.37. The SMILES string of the molecule is COC1CCC(C(=O)N2CC[C@H]3[C@H](CCC(=O)N3CC(C)C)C2)CC1. The van der Waals surface area contributed by atoms with Crippen LogP contribution in [0, 0.1) is 17.8 Å². The number of carbonyl (C=O) groups excluding carboxylic acids is 2. The summed E-state index contributed by atoms with van der Waals surface area (Å²) >= 11 is 0. The van der Waals surface area contributed by atoms with Gasteiger partial charge in [0.15, 0.2) is 0 Å². The molecule has 2 atom stereocenters. The normalized spacial score (nSPS) is 33.5. The van der Waals surface area contributed by atoms with Gasteiger partial charge in [-0.15, -0.1) is 0 Å². The summed E-state index contributed by atoms with van der Waals surface area (Å²) in [5, 5.41) is 0. The Bertz CT molecular complexity index is 485. The molecule has 0 unspecified atom stereocenters. The van der Waals surface area contributed by atoms with E-state index in [4.69, 9.17) is 4.74 Å². The lowest BCUT2D eigenvalue weighted by Gasteiger charge is -2.48. The van der Waals surface area contributed by atoms with Crippen LogP contribution in [0.15, 0.2) is 0 Å². The Labute approximate surface area is 152 Å². The van der Waals surface area contributed by atoms with Gasteiger partial charge in [-0.2, -0.15) is 0 Å². The van der Waals surface area contributed by atoms with Crippen molar-refractivity contribution >= 4 is 11.8 Å². The zero-order chi connectivity index (χ0) is 18.0. The Balaban J connectivity index is 1.58. The van der Waals surface area contributed by atoms with Gasteiger partial charge < -0.3 is 14.5 Å². The maximum atomic E-state index is 13.0. The van der Waals surface area contributed by atoms with Gasteiger partial charge in [-0.25, -0.2) is 0 Å². The van der Waals surface area contributed by atoms with Crippen molar-refractivity contribution < 1.29 is 14.3 Å². The van der Waals surface area contributed by atoms with Gasteiger partial charge in [-0.3, -0.25) is 9.59 Å². The van der Waals surface area contributed by atoms with Gasteiger partial charge in [-0.05, 0) is 50.4 Å². The van der Waals surface area contributed by atoms with Crippen LogP contribution in [0.1, 0.15) is 58.8 Å². The highest BCUT2D eigenvalue weighted by Crippen LogP contribution is 2.34. The number of fused-ring (bicyclic) bond motifs is 1. The van der Waals surface area contributed by atoms with Crippen LogP contribution in [0.25, 0.3) is 0 Å². The number of nitrogens with zero attached hydrogens (tertiary/aromatic N) is 2. The van der Waals surface area contributed by atoms with E-state index in [1.807, 2.05) is 0 Å². The molecule has 3 aliphatic rings. The average molecular weight is 351 g/mol. The Kier molecular flexibility index (Phi) is 6.03. The predicted octanol–water partition coefficient (Wildman–Crippen LogP) is 2.69. The van der Waals surface area contributed by atoms with Crippen molar-refractivity contribution in [2.45, 2.75) is 70.9 Å². The van der Waals surface area contributed by atoms with Crippen molar-refractivity contribution in [3.63, 3.8) is 0 Å². The minimum absolute atomic E-state index is 0.180. The summed E-state index contributed by atoms with van der Waals surface area (Å²) in [6, 6.07) is 0.344. The largest absolute Gasteiger partial charge is 0.381 e. The lowest BCUT2D eigenvalue weighted by Crippen LogP contribution is -2.58. The van der Waals surface area contributed by atoms with Crippen LogP contribution in [0.3, 0.4) is 0 Å². The fourth-order valence-electron chi connectivity index (χ4n) is 4.99. The zero-order valence-electron chi connectivity index (χ0n) is 16.1. The van der Waals surface area contributed by atoms with Crippen LogP contribution in [-0.2, 0) is 14.3 Å². The average Bonchev–Trinajstić information content (AvgIpc) is 2.63. The number of likely N-dealkylation sites (tertiary alicyclic amines) is 2. The zero-order valence-corrected chi connectivity index (χ0v) is 16.1. The number of amides is 2. The van der Waals surface area contributed by atoms with E-state index < -0.39 is 0 Å². The molecule has 0 radical (unpaired) electrons. The molecule has 3 fully saturated rings. The minimum Gasteiger partial charge on any atom is -0.381 e. The van der Waals surface area contributed by atoms with Crippen molar-refractivity contribution in [1.29, 1.82) is 0 Å². The molecule has 2 amide bonds. The molecule has 0 spiro atoms. The number of ether oxygens (including phenoxy) is 1. The number of hydrogen-bond donors (Lipinski definition) is 0. The molecule has 1 aliphatic carbocycles. The summed E-state index contributed by atoms with van der Waals surface area (Å²) in [5.74, 6) is 1.80. The fourth-order valence-corrected chi connectivity index (χ4v) is 4.99. The molecule has 0 aromatic heterocycles. The van der Waals surface area contributed by atoms with Gasteiger partial charge in [0.05, 0.1) is 6.10 Å². The van der Waals surface area contributed by atoms with Gasteiger partial charge >= 0.3 is 0 Å². The standard InChI is InChI=1S/C20H34N2O3/c1-14(2)12-22-18-10-11-21(13-16(18)6-9-19(22)23)20(24)15-4-7-17(25-3)8-5-15/h14-18H,4-13H2,1-3H3/t15?,16-,17?,18+/m1/s1. The highest BCUT2D eigenvalue weighted by Gasteiger charge is 2.41. The van der Waals surface area contributed by atoms with Gasteiger partial charge in [0.2, 0.25) is 11.8 Å². The van der Waals surface area contributed by atoms with Crippen molar-refractivity contribution in [3.05, 3.63) is 0 Å². The number of methoxy groups -OCH3 is 1. The van der Waals surface area contributed by atoms with E-state index in [9.17, 15) is 9.59 Å². The molecule has 1 saturated carbocycles. The first kappa shape index (κ1) is 18.7. The molecule has 25 heavy (non-hydrogen) atoms. The molecule has 0 bridgehead atoms. The van der Waals surface area contributed by atoms with Crippen molar-refractivity contribution in [2.75, 3.05) is 26.7 Å². The van der Waals surface area contributed by atoms with E-state index in [2.05, 4.69) is 23.6 Å². The molecule has 5 nitrogen and oxygen atoms in total. The van der Waals surface area contributed by atoms with Crippen LogP contribution < -0.4 is 0 Å². The van der Waals surface area contributed by atoms with E-state index in [-0.39, 0.29) is 5.92 Å². The first-order chi connectivity index (χ1) is 12.0. The molecule has 142 valence electrons. The molecule has 0 aromatic rings. The van der Waals surface area contributed by atoms with Gasteiger partial charge in [-0.1, -0.05) is 13.8 Å². The molecule has 2 saturated heterocycles. The number of hydrogen-bond acceptors (Lipinski definition) is 3. The lowest BCUT2D eigenvalue weighted by atomic mass is 9.81. The third kappa shape index (κ3) is 4.18. The summed E-state index contributed by atoms with van der Waals surface area (Å²) in [4.78, 5) is 29.5. The molecule has 0 N–H and O–H groups in total. The lowest BCUT2D eigenvalue weighted by molar-refractivity contribution is -0.147. The molecule has 2 heterocycles. The Morgan fingerprint density at radius 1 is 1.16 bits per heavy atom. The quantitative estimate of drug-likeness (QED) is 0.783. The van der Waals surface area contributed by atoms with Crippen molar-refractivity contribution in [1.82, 2.24) is 9.80 Å². The monoisotopic (exact) mass is 350 g/mol. The summed E-state index contributed by atoms with van der Waals surface area (Å²) in [7, 11) is 1.77. The molecule has 0 aromatic carbocycles. The summed E-state index contributed by atoms with van der Waals surface area (Å²) < 4.78 is 5.43. The smallest absolute Gasteiger partial charge is 0.225 e. The number of rotatable bonds is 4. The summed E-state index contributed by atoms with van der Waals surface area (Å²) in [5.41, 5.74) is 0. The first-order valence-electron chi connectivity index (χ1n) is 10.1. The molecule has 3 rings (SSSR count). The molecule has 2 aliphatic heterocycles. The third-order valence-electron chi connectivity index (χ3n) is 6.37. The first-order valence-corrected chi connectivity index (χ1v) is 10.1. The maximum Gasteiger partial charge on any atom is 0.225 e. The topological polar surface area (TPSA) is 49.9 Å². The maximum absolute atomic E-state index is 13.0. The van der Waals surface area contributed by atoms with Gasteiger partial charge in [0.25, 0.3) is 0 Å². The van der Waals surface area contributed by atoms with Crippen molar-refractivity contribution in [2.24, 2.45) is 17.8 Å². The Hall–Kier alpha value is -1.10. The van der Waals surface area contributed by atoms with Crippen LogP contribution in [-0.4, -0.2) is 60.5 Å². The van der Waals surface area contributed by atoms with E-state index >= 15 is 0 Å². The fraction of sp³-hybridized carbons (Fsp3) is 0.900. The number of carbonyl (C=O) groups is 2. The predicted molar refractivity (Wildman–Crippen MR) is 97.0 cm³/mol. The van der Waals surface area contributed by atoms with Crippen molar-refractivity contribution in [3.8, 4) is 0 Å². The Morgan fingerprint density at radius 2 is 1.88 bits per heavy atom. The number of piperidine rings is 2. The van der Waals surface area contributed by atoms with Crippen LogP contribution in [0.4, 0.5) is 0 Å². The highest BCUT2D eigenvalue weighted by molar-refractivity contribution is 5.80. The molecular weight excluding hydrogens is 316 g/mol. The second kappa shape index (κ2) is 8.07. The summed E-state index contributed by atoms with van der Waals surface area (Å²) in [6.45, 7) is 6.86. The van der Waals surface area contributed by atoms with Gasteiger partial charge in [0.1, 0.15) is 0 Å². The van der Waals surface area contributed by atoms with Gasteiger partial charge in [0, 0.05) is 45.1 Å². The van der Waals surface area contributed by atoms with E-state index in [1.54, 1.807) is 7.11 Å². The second-order valence-electron chi connectivity index (χ2n) is 8.59. The van der Waals surface area contributed by atoms with E-state index in [0.29, 0.717) is 42.2 Å². The Morgan fingerprint density at radius 3 is 2.52 bits per heavy atom. The minimum atomic E-state index is 0.180. The van der Waals surface area contributed by atoms with Crippen LogP contribution in [0.2, 0.25) is 0 Å². The van der Waals surface area contributed by atoms with E-state index in [1.165, 1.54) is 0 Å². The van der Waals surface area contributed by atoms with E-state index in [0.717, 1.165) is 58.2 Å². The summed E-state index contributed by atoms with van der Waals surface area (Å²) in [6.07, 6.45) is 6.80. The highest BCUT2D eigenvalue weighted by atomic mass is 16.5.